The molecule has 0 unspecified atom stereocenters. The van der Waals surface area contributed by atoms with Crippen molar-refractivity contribution in [3.8, 4) is 6.07 Å². The monoisotopic (exact) mass is 322 g/mol. The summed E-state index contributed by atoms with van der Waals surface area (Å²) in [6.07, 6.45) is 0. The van der Waals surface area contributed by atoms with Gasteiger partial charge in [-0.25, -0.2) is 8.42 Å². The lowest BCUT2D eigenvalue weighted by Gasteiger charge is -2.08. The van der Waals surface area contributed by atoms with Crippen molar-refractivity contribution in [3.63, 3.8) is 0 Å². The van der Waals surface area contributed by atoms with Crippen LogP contribution < -0.4 is 4.72 Å². The first-order valence-electron chi connectivity index (χ1n) is 4.24. The molecule has 0 aliphatic rings. The standard InChI is InChI=1S/C9H8BrClN2O2S/c10-8-1-2-9(7(5-8)6-12)13-16(14,15)4-3-11/h1-2,5,13H,3-4H2. The van der Waals surface area contributed by atoms with Crippen LogP contribution in [0.4, 0.5) is 5.69 Å². The average Bonchev–Trinajstić information content (AvgIpc) is 2.20. The summed E-state index contributed by atoms with van der Waals surface area (Å²) >= 11 is 8.56. The van der Waals surface area contributed by atoms with E-state index in [0.717, 1.165) is 0 Å². The van der Waals surface area contributed by atoms with Crippen LogP contribution in [0.25, 0.3) is 0 Å². The van der Waals surface area contributed by atoms with Gasteiger partial charge in [0.15, 0.2) is 0 Å². The number of hydrogen-bond acceptors (Lipinski definition) is 3. The molecule has 1 N–H and O–H groups in total. The van der Waals surface area contributed by atoms with Crippen molar-refractivity contribution in [1.29, 1.82) is 5.26 Å². The van der Waals surface area contributed by atoms with E-state index in [1.54, 1.807) is 12.1 Å². The molecule has 0 aromatic heterocycles. The molecule has 1 rings (SSSR count). The van der Waals surface area contributed by atoms with Crippen molar-refractivity contribution in [1.82, 2.24) is 0 Å². The second kappa shape index (κ2) is 5.53. The maximum atomic E-state index is 11.4. The second-order valence-electron chi connectivity index (χ2n) is 2.91. The van der Waals surface area contributed by atoms with Gasteiger partial charge in [-0.05, 0) is 18.2 Å². The highest BCUT2D eigenvalue weighted by molar-refractivity contribution is 9.10. The van der Waals surface area contributed by atoms with Crippen molar-refractivity contribution in [2.75, 3.05) is 16.4 Å². The molecule has 0 atom stereocenters. The molecular formula is C9H8BrClN2O2S. The fraction of sp³-hybridized carbons (Fsp3) is 0.222. The molecule has 0 aliphatic carbocycles. The van der Waals surface area contributed by atoms with Gasteiger partial charge < -0.3 is 0 Å². The number of halogens is 2. The molecule has 0 saturated carbocycles. The van der Waals surface area contributed by atoms with E-state index in [-0.39, 0.29) is 22.9 Å². The van der Waals surface area contributed by atoms with Crippen LogP contribution in [-0.2, 0) is 10.0 Å². The van der Waals surface area contributed by atoms with Crippen LogP contribution in [0.3, 0.4) is 0 Å². The van der Waals surface area contributed by atoms with Gasteiger partial charge in [0.1, 0.15) is 6.07 Å². The van der Waals surface area contributed by atoms with Gasteiger partial charge in [-0.2, -0.15) is 5.26 Å². The normalized spacial score (nSPS) is 10.8. The van der Waals surface area contributed by atoms with Crippen molar-refractivity contribution in [3.05, 3.63) is 28.2 Å². The van der Waals surface area contributed by atoms with E-state index in [2.05, 4.69) is 20.7 Å². The zero-order valence-corrected chi connectivity index (χ0v) is 11.2. The summed E-state index contributed by atoms with van der Waals surface area (Å²) < 4.78 is 25.9. The summed E-state index contributed by atoms with van der Waals surface area (Å²) in [5.41, 5.74) is 0.517. The zero-order chi connectivity index (χ0) is 12.2. The first-order valence-corrected chi connectivity index (χ1v) is 7.22. The Morgan fingerprint density at radius 3 is 2.75 bits per heavy atom. The molecule has 0 amide bonds. The van der Waals surface area contributed by atoms with Gasteiger partial charge in [0, 0.05) is 10.4 Å². The zero-order valence-electron chi connectivity index (χ0n) is 8.07. The van der Waals surface area contributed by atoms with Crippen LogP contribution in [-0.4, -0.2) is 20.1 Å². The van der Waals surface area contributed by atoms with Gasteiger partial charge in [0.05, 0.1) is 17.0 Å². The predicted molar refractivity (Wildman–Crippen MR) is 67.0 cm³/mol. The number of hydrogen-bond donors (Lipinski definition) is 1. The molecular weight excluding hydrogens is 316 g/mol. The quantitative estimate of drug-likeness (QED) is 0.864. The molecule has 4 nitrogen and oxygen atoms in total. The highest BCUT2D eigenvalue weighted by Crippen LogP contribution is 2.21. The van der Waals surface area contributed by atoms with Gasteiger partial charge in [0.25, 0.3) is 0 Å². The van der Waals surface area contributed by atoms with E-state index in [4.69, 9.17) is 16.9 Å². The van der Waals surface area contributed by atoms with Gasteiger partial charge in [0.2, 0.25) is 10.0 Å². The average molecular weight is 324 g/mol. The molecule has 1 aromatic rings. The summed E-state index contributed by atoms with van der Waals surface area (Å²) in [7, 11) is -3.48. The molecule has 16 heavy (non-hydrogen) atoms. The molecule has 1 aromatic carbocycles. The van der Waals surface area contributed by atoms with Crippen LogP contribution in [0.15, 0.2) is 22.7 Å². The van der Waals surface area contributed by atoms with E-state index in [1.165, 1.54) is 6.07 Å². The third kappa shape index (κ3) is 3.67. The SMILES string of the molecule is N#Cc1cc(Br)ccc1NS(=O)(=O)CCCl. The number of benzene rings is 1. The number of anilines is 1. The third-order valence-corrected chi connectivity index (χ3v) is 3.89. The Balaban J connectivity index is 3.03. The molecule has 0 saturated heterocycles. The number of alkyl halides is 1. The molecule has 0 heterocycles. The predicted octanol–water partition coefficient (Wildman–Crippen LogP) is 2.30. The summed E-state index contributed by atoms with van der Waals surface area (Å²) in [5.74, 6) is -0.177. The Morgan fingerprint density at radius 1 is 1.50 bits per heavy atom. The summed E-state index contributed by atoms with van der Waals surface area (Å²) in [5, 5.41) is 8.84. The molecule has 0 radical (unpaired) electrons. The lowest BCUT2D eigenvalue weighted by atomic mass is 10.2. The Kier molecular flexibility index (Phi) is 4.59. The first-order chi connectivity index (χ1) is 7.48. The topological polar surface area (TPSA) is 70.0 Å². The third-order valence-electron chi connectivity index (χ3n) is 1.71. The minimum Gasteiger partial charge on any atom is -0.282 e. The highest BCUT2D eigenvalue weighted by Gasteiger charge is 2.12. The number of sulfonamides is 1. The van der Waals surface area contributed by atoms with Gasteiger partial charge in [-0.1, -0.05) is 15.9 Å². The van der Waals surface area contributed by atoms with E-state index >= 15 is 0 Å². The lowest BCUT2D eigenvalue weighted by molar-refractivity contribution is 0.602. The van der Waals surface area contributed by atoms with E-state index in [1.807, 2.05) is 6.07 Å². The van der Waals surface area contributed by atoms with Crippen LogP contribution >= 0.6 is 27.5 Å². The maximum Gasteiger partial charge on any atom is 0.233 e. The Hall–Kier alpha value is -0.770. The maximum absolute atomic E-state index is 11.4. The molecule has 7 heteroatoms. The van der Waals surface area contributed by atoms with Gasteiger partial charge in [-0.15, -0.1) is 11.6 Å². The smallest absolute Gasteiger partial charge is 0.233 e. The largest absolute Gasteiger partial charge is 0.282 e. The van der Waals surface area contributed by atoms with E-state index < -0.39 is 10.0 Å². The van der Waals surface area contributed by atoms with Crippen molar-refractivity contribution in [2.45, 2.75) is 0 Å². The molecule has 0 bridgehead atoms. The number of nitrogens with one attached hydrogen (secondary N) is 1. The van der Waals surface area contributed by atoms with Gasteiger partial charge >= 0.3 is 0 Å². The minimum absolute atomic E-state index is 0.00769. The first kappa shape index (κ1) is 13.3. The van der Waals surface area contributed by atoms with Crippen LogP contribution in [0.5, 0.6) is 0 Å². The lowest BCUT2D eigenvalue weighted by Crippen LogP contribution is -2.18. The van der Waals surface area contributed by atoms with Crippen molar-refractivity contribution >= 4 is 43.2 Å². The van der Waals surface area contributed by atoms with E-state index in [9.17, 15) is 8.42 Å². The van der Waals surface area contributed by atoms with Crippen molar-refractivity contribution < 1.29 is 8.42 Å². The van der Waals surface area contributed by atoms with Crippen LogP contribution in [0.2, 0.25) is 0 Å². The highest BCUT2D eigenvalue weighted by atomic mass is 79.9. The van der Waals surface area contributed by atoms with Crippen LogP contribution in [0, 0.1) is 11.3 Å². The molecule has 0 aliphatic heterocycles. The fourth-order valence-electron chi connectivity index (χ4n) is 1.02. The summed E-state index contributed by atoms with van der Waals surface area (Å²) in [4.78, 5) is 0. The summed E-state index contributed by atoms with van der Waals surface area (Å²) in [6, 6.07) is 6.63. The van der Waals surface area contributed by atoms with E-state index in [0.29, 0.717) is 4.47 Å². The summed E-state index contributed by atoms with van der Waals surface area (Å²) in [6.45, 7) is 0. The van der Waals surface area contributed by atoms with Crippen molar-refractivity contribution in [2.24, 2.45) is 0 Å². The Labute approximate surface area is 107 Å². The number of nitriles is 1. The second-order valence-corrected chi connectivity index (χ2v) is 6.05. The minimum atomic E-state index is -3.48. The molecule has 86 valence electrons. The fourth-order valence-corrected chi connectivity index (χ4v) is 2.81. The van der Waals surface area contributed by atoms with Gasteiger partial charge in [-0.3, -0.25) is 4.72 Å². The van der Waals surface area contributed by atoms with Crippen LogP contribution in [0.1, 0.15) is 5.56 Å². The Bertz CT molecular complexity index is 525. The number of nitrogens with zero attached hydrogens (tertiary/aromatic N) is 1. The Morgan fingerprint density at radius 2 is 2.19 bits per heavy atom. The number of rotatable bonds is 4. The molecule has 0 spiro atoms. The molecule has 0 fully saturated rings.